The van der Waals surface area contributed by atoms with Crippen LogP contribution in [0.5, 0.6) is 0 Å². The zero-order valence-electron chi connectivity index (χ0n) is 19.8. The summed E-state index contributed by atoms with van der Waals surface area (Å²) in [6, 6.07) is 5.75. The first-order valence-corrected chi connectivity index (χ1v) is 13.3. The van der Waals surface area contributed by atoms with Gasteiger partial charge in [0.15, 0.2) is 11.6 Å². The summed E-state index contributed by atoms with van der Waals surface area (Å²) in [6.45, 7) is 6.19. The fourth-order valence-corrected chi connectivity index (χ4v) is 8.91. The van der Waals surface area contributed by atoms with Crippen molar-refractivity contribution in [2.75, 3.05) is 5.75 Å². The molecule has 5 rings (SSSR count). The Morgan fingerprint density at radius 2 is 2.00 bits per heavy atom. The highest BCUT2D eigenvalue weighted by Crippen LogP contribution is 2.67. The molecule has 0 amide bonds. The van der Waals surface area contributed by atoms with Gasteiger partial charge in [-0.25, -0.2) is 4.98 Å². The molecule has 0 aromatic carbocycles. The molecule has 5 unspecified atom stereocenters. The molecule has 3 saturated carbocycles. The van der Waals surface area contributed by atoms with E-state index >= 15 is 0 Å². The lowest BCUT2D eigenvalue weighted by Gasteiger charge is -2.60. The average Bonchev–Trinajstić information content (AvgIpc) is 3.03. The van der Waals surface area contributed by atoms with Crippen LogP contribution in [0.1, 0.15) is 64.5 Å². The van der Waals surface area contributed by atoms with Crippen molar-refractivity contribution in [1.82, 2.24) is 4.98 Å². The average molecular weight is 470 g/mol. The molecule has 2 N–H and O–H groups in total. The third-order valence-electron chi connectivity index (χ3n) is 9.72. The molecule has 3 fully saturated rings. The van der Waals surface area contributed by atoms with Crippen LogP contribution in [0.25, 0.3) is 0 Å². The van der Waals surface area contributed by atoms with Crippen LogP contribution < -0.4 is 0 Å². The quantitative estimate of drug-likeness (QED) is 0.640. The number of ketones is 2. The number of hydrogen-bond acceptors (Lipinski definition) is 6. The van der Waals surface area contributed by atoms with Crippen LogP contribution in [0.15, 0.2) is 34.9 Å². The first kappa shape index (κ1) is 23.3. The first-order valence-electron chi connectivity index (χ1n) is 12.3. The Kier molecular flexibility index (Phi) is 5.66. The summed E-state index contributed by atoms with van der Waals surface area (Å²) in [4.78, 5) is 30.0. The number of aryl methyl sites for hydroxylation is 1. The molecule has 0 spiro atoms. The third kappa shape index (κ3) is 3.47. The number of aliphatic hydroxyl groups is 2. The number of rotatable bonds is 4. The summed E-state index contributed by atoms with van der Waals surface area (Å²) in [5.41, 5.74) is -0.0966. The molecule has 5 nitrogen and oxygen atoms in total. The molecule has 1 heterocycles. The standard InChI is InChI=1S/C27H35NO4S/c1-16-5-4-6-23(28-16)33-15-22(31)27(32)12-10-20-19-8-7-17-13-18(29)9-11-25(17,2)24(19)21(30)14-26(20,27)3/h4-6,13,19-21,24,30,32H,7-12,14-15H2,1-3H3/t19?,20?,21-,24?,25?,26?,27-/m0/s1. The minimum Gasteiger partial charge on any atom is -0.393 e. The van der Waals surface area contributed by atoms with E-state index in [4.69, 9.17) is 0 Å². The van der Waals surface area contributed by atoms with Crippen molar-refractivity contribution in [3.63, 3.8) is 0 Å². The number of allylic oxidation sites excluding steroid dienone is 1. The minimum absolute atomic E-state index is 0.0898. The van der Waals surface area contributed by atoms with Gasteiger partial charge < -0.3 is 10.2 Å². The number of carbonyl (C=O) groups excluding carboxylic acids is 2. The number of nitrogens with zero attached hydrogens (tertiary/aromatic N) is 1. The Morgan fingerprint density at radius 3 is 2.76 bits per heavy atom. The number of pyridine rings is 1. The van der Waals surface area contributed by atoms with Crippen molar-refractivity contribution in [1.29, 1.82) is 0 Å². The smallest absolute Gasteiger partial charge is 0.175 e. The maximum absolute atomic E-state index is 13.5. The van der Waals surface area contributed by atoms with Crippen LogP contribution in [0, 0.1) is 35.5 Å². The SMILES string of the molecule is Cc1cccc(SCC(=O)[C@@]2(O)CCC3C4CCC5=CC(=O)CCC5(C)C4[C@@H](O)CC32C)n1. The highest BCUT2D eigenvalue weighted by atomic mass is 32.2. The van der Waals surface area contributed by atoms with Crippen molar-refractivity contribution < 1.29 is 19.8 Å². The lowest BCUT2D eigenvalue weighted by Crippen LogP contribution is -2.61. The summed E-state index contributed by atoms with van der Waals surface area (Å²) >= 11 is 1.38. The number of Topliss-reactive ketones (excluding diaryl/α,β-unsaturated/α-hetero) is 1. The number of fused-ring (bicyclic) bond motifs is 5. The maximum atomic E-state index is 13.5. The van der Waals surface area contributed by atoms with Crippen molar-refractivity contribution >= 4 is 23.3 Å². The Hall–Kier alpha value is -1.50. The second-order valence-electron chi connectivity index (χ2n) is 11.3. The maximum Gasteiger partial charge on any atom is 0.175 e. The molecule has 6 heteroatoms. The third-order valence-corrected chi connectivity index (χ3v) is 10.7. The van der Waals surface area contributed by atoms with Gasteiger partial charge in [0, 0.05) is 17.5 Å². The number of thioether (sulfide) groups is 1. The molecular weight excluding hydrogens is 434 g/mol. The molecule has 0 saturated heterocycles. The van der Waals surface area contributed by atoms with E-state index in [1.165, 1.54) is 17.3 Å². The number of carbonyl (C=O) groups is 2. The second-order valence-corrected chi connectivity index (χ2v) is 12.3. The second kappa shape index (κ2) is 8.03. The van der Waals surface area contributed by atoms with Gasteiger partial charge in [0.25, 0.3) is 0 Å². The van der Waals surface area contributed by atoms with Gasteiger partial charge in [0.05, 0.1) is 16.9 Å². The fourth-order valence-electron chi connectivity index (χ4n) is 8.01. The number of hydrogen-bond donors (Lipinski definition) is 2. The van der Waals surface area contributed by atoms with E-state index < -0.39 is 17.1 Å². The summed E-state index contributed by atoms with van der Waals surface area (Å²) in [6.07, 6.45) is 6.11. The Balaban J connectivity index is 1.39. The van der Waals surface area contributed by atoms with Crippen molar-refractivity contribution in [2.24, 2.45) is 28.6 Å². The van der Waals surface area contributed by atoms with E-state index in [1.807, 2.05) is 38.1 Å². The highest BCUT2D eigenvalue weighted by Gasteiger charge is 2.68. The Morgan fingerprint density at radius 1 is 1.21 bits per heavy atom. The van der Waals surface area contributed by atoms with Gasteiger partial charge in [0.2, 0.25) is 0 Å². The van der Waals surface area contributed by atoms with Crippen molar-refractivity contribution in [2.45, 2.75) is 82.4 Å². The molecular formula is C27H35NO4S. The topological polar surface area (TPSA) is 87.5 Å². The monoisotopic (exact) mass is 469 g/mol. The minimum atomic E-state index is -1.42. The molecule has 33 heavy (non-hydrogen) atoms. The Bertz CT molecular complexity index is 1020. The molecule has 1 aromatic heterocycles. The van der Waals surface area contributed by atoms with E-state index in [9.17, 15) is 19.8 Å². The van der Waals surface area contributed by atoms with Gasteiger partial charge in [-0.3, -0.25) is 9.59 Å². The largest absolute Gasteiger partial charge is 0.393 e. The van der Waals surface area contributed by atoms with Crippen LogP contribution >= 0.6 is 11.8 Å². The number of aliphatic hydroxyl groups excluding tert-OH is 1. The summed E-state index contributed by atoms with van der Waals surface area (Å²) in [5, 5.41) is 24.1. The molecule has 0 bridgehead atoms. The molecule has 1 aromatic rings. The molecule has 0 aliphatic heterocycles. The summed E-state index contributed by atoms with van der Waals surface area (Å²) in [7, 11) is 0. The van der Waals surface area contributed by atoms with Crippen LogP contribution in [0.4, 0.5) is 0 Å². The predicted molar refractivity (Wildman–Crippen MR) is 128 cm³/mol. The zero-order valence-corrected chi connectivity index (χ0v) is 20.7. The lowest BCUT2D eigenvalue weighted by atomic mass is 9.45. The fraction of sp³-hybridized carbons (Fsp3) is 0.667. The van der Waals surface area contributed by atoms with Gasteiger partial charge in [-0.15, -0.1) is 0 Å². The van der Waals surface area contributed by atoms with E-state index in [0.717, 1.165) is 36.4 Å². The van der Waals surface area contributed by atoms with Crippen LogP contribution in [0.3, 0.4) is 0 Å². The molecule has 4 aliphatic rings. The molecule has 178 valence electrons. The Labute approximate surface area is 200 Å². The van der Waals surface area contributed by atoms with Gasteiger partial charge in [-0.1, -0.05) is 37.2 Å². The normalized spacial score (nSPS) is 42.2. The molecule has 7 atom stereocenters. The molecule has 0 radical (unpaired) electrons. The predicted octanol–water partition coefficient (Wildman–Crippen LogP) is 4.29. The van der Waals surface area contributed by atoms with Crippen molar-refractivity contribution in [3.05, 3.63) is 35.5 Å². The van der Waals surface area contributed by atoms with E-state index in [0.29, 0.717) is 19.3 Å². The first-order chi connectivity index (χ1) is 15.6. The van der Waals surface area contributed by atoms with Gasteiger partial charge >= 0.3 is 0 Å². The highest BCUT2D eigenvalue weighted by molar-refractivity contribution is 7.99. The zero-order chi connectivity index (χ0) is 23.6. The van der Waals surface area contributed by atoms with Gasteiger partial charge in [0.1, 0.15) is 5.60 Å². The summed E-state index contributed by atoms with van der Waals surface area (Å²) < 4.78 is 0. The van der Waals surface area contributed by atoms with Crippen LogP contribution in [-0.2, 0) is 9.59 Å². The summed E-state index contributed by atoms with van der Waals surface area (Å²) in [5.74, 6) is 0.813. The van der Waals surface area contributed by atoms with Crippen LogP contribution in [-0.4, -0.2) is 44.2 Å². The van der Waals surface area contributed by atoms with E-state index in [1.54, 1.807) is 0 Å². The van der Waals surface area contributed by atoms with E-state index in [2.05, 4.69) is 11.9 Å². The molecule has 4 aliphatic carbocycles. The van der Waals surface area contributed by atoms with Gasteiger partial charge in [-0.2, -0.15) is 0 Å². The van der Waals surface area contributed by atoms with Crippen molar-refractivity contribution in [3.8, 4) is 0 Å². The van der Waals surface area contributed by atoms with Crippen LogP contribution in [0.2, 0.25) is 0 Å². The lowest BCUT2D eigenvalue weighted by molar-refractivity contribution is -0.178. The van der Waals surface area contributed by atoms with Gasteiger partial charge in [-0.05, 0) is 86.8 Å². The van der Waals surface area contributed by atoms with E-state index in [-0.39, 0.29) is 40.5 Å². The number of aromatic nitrogens is 1.